The average molecular weight is 195 g/mol. The Morgan fingerprint density at radius 2 is 2.08 bits per heavy atom. The SMILES string of the molecule is O=c1cc(SC(F)(F)F)cc[nH]1. The number of halogens is 3. The summed E-state index contributed by atoms with van der Waals surface area (Å²) in [4.78, 5) is 12.7. The molecule has 1 heterocycles. The Morgan fingerprint density at radius 3 is 2.58 bits per heavy atom. The maximum atomic E-state index is 11.7. The maximum Gasteiger partial charge on any atom is 0.446 e. The van der Waals surface area contributed by atoms with Crippen LogP contribution < -0.4 is 5.56 Å². The fraction of sp³-hybridized carbons (Fsp3) is 0.167. The molecule has 2 nitrogen and oxygen atoms in total. The molecule has 0 saturated carbocycles. The zero-order valence-electron chi connectivity index (χ0n) is 5.68. The monoisotopic (exact) mass is 195 g/mol. The smallest absolute Gasteiger partial charge is 0.329 e. The number of thioether (sulfide) groups is 1. The van der Waals surface area contributed by atoms with Crippen molar-refractivity contribution in [2.75, 3.05) is 0 Å². The lowest BCUT2D eigenvalue weighted by Crippen LogP contribution is -2.05. The molecule has 1 N–H and O–H groups in total. The fourth-order valence-corrected chi connectivity index (χ4v) is 1.19. The minimum Gasteiger partial charge on any atom is -0.329 e. The van der Waals surface area contributed by atoms with E-state index in [4.69, 9.17) is 0 Å². The van der Waals surface area contributed by atoms with Crippen molar-refractivity contribution in [3.63, 3.8) is 0 Å². The lowest BCUT2D eigenvalue weighted by atomic mass is 10.5. The van der Waals surface area contributed by atoms with Gasteiger partial charge in [0.25, 0.3) is 0 Å². The van der Waals surface area contributed by atoms with Crippen LogP contribution in [0.1, 0.15) is 0 Å². The second-order valence-corrected chi connectivity index (χ2v) is 3.07. The Balaban J connectivity index is 2.84. The first kappa shape index (κ1) is 9.18. The van der Waals surface area contributed by atoms with Crippen LogP contribution in [0.15, 0.2) is 28.0 Å². The Bertz CT molecular complexity index is 319. The molecule has 0 aliphatic carbocycles. The molecule has 0 atom stereocenters. The third kappa shape index (κ3) is 3.00. The molecule has 0 spiro atoms. The number of rotatable bonds is 1. The molecule has 0 bridgehead atoms. The summed E-state index contributed by atoms with van der Waals surface area (Å²) in [5.74, 6) is 0. The molecule has 0 radical (unpaired) electrons. The third-order valence-corrected chi connectivity index (χ3v) is 1.70. The van der Waals surface area contributed by atoms with Crippen molar-refractivity contribution in [3.8, 4) is 0 Å². The molecule has 0 fully saturated rings. The number of hydrogen-bond donors (Lipinski definition) is 1. The maximum absolute atomic E-state index is 11.7. The summed E-state index contributed by atoms with van der Waals surface area (Å²) >= 11 is -0.305. The van der Waals surface area contributed by atoms with E-state index in [2.05, 4.69) is 4.98 Å². The lowest BCUT2D eigenvalue weighted by molar-refractivity contribution is -0.0328. The van der Waals surface area contributed by atoms with Gasteiger partial charge in [0.1, 0.15) is 0 Å². The van der Waals surface area contributed by atoms with Gasteiger partial charge < -0.3 is 4.98 Å². The minimum absolute atomic E-state index is 0.105. The first-order chi connectivity index (χ1) is 5.47. The molecule has 1 rings (SSSR count). The summed E-state index contributed by atoms with van der Waals surface area (Å²) in [6.45, 7) is 0. The molecule has 0 saturated heterocycles. The van der Waals surface area contributed by atoms with E-state index in [-0.39, 0.29) is 16.7 Å². The van der Waals surface area contributed by atoms with Gasteiger partial charge in [0, 0.05) is 17.2 Å². The van der Waals surface area contributed by atoms with Crippen molar-refractivity contribution in [1.82, 2.24) is 4.98 Å². The zero-order valence-corrected chi connectivity index (χ0v) is 6.50. The van der Waals surface area contributed by atoms with E-state index in [0.717, 1.165) is 6.07 Å². The summed E-state index contributed by atoms with van der Waals surface area (Å²) < 4.78 is 35.2. The average Bonchev–Trinajstić information content (AvgIpc) is 1.82. The normalized spacial score (nSPS) is 11.6. The van der Waals surface area contributed by atoms with Crippen molar-refractivity contribution in [2.45, 2.75) is 10.4 Å². The van der Waals surface area contributed by atoms with Crippen LogP contribution in [0.5, 0.6) is 0 Å². The molecule has 0 aliphatic heterocycles. The van der Waals surface area contributed by atoms with Crippen LogP contribution in [0, 0.1) is 0 Å². The molecule has 0 unspecified atom stereocenters. The molecule has 0 amide bonds. The van der Waals surface area contributed by atoms with Gasteiger partial charge in [0.15, 0.2) is 0 Å². The van der Waals surface area contributed by atoms with Crippen LogP contribution in [-0.2, 0) is 0 Å². The van der Waals surface area contributed by atoms with E-state index in [1.54, 1.807) is 0 Å². The number of aromatic amines is 1. The molecular formula is C6H4F3NOS. The van der Waals surface area contributed by atoms with Crippen LogP contribution in [0.3, 0.4) is 0 Å². The molecule has 6 heteroatoms. The number of H-pyrrole nitrogens is 1. The third-order valence-electron chi connectivity index (χ3n) is 0.980. The van der Waals surface area contributed by atoms with E-state index in [1.807, 2.05) is 0 Å². The highest BCUT2D eigenvalue weighted by Crippen LogP contribution is 2.35. The number of pyridine rings is 1. The standard InChI is InChI=1S/C6H4F3NOS/c7-6(8,9)12-4-1-2-10-5(11)3-4/h1-3H,(H,10,11). The molecule has 66 valence electrons. The highest BCUT2D eigenvalue weighted by Gasteiger charge is 2.29. The van der Waals surface area contributed by atoms with Crippen LogP contribution in [0.4, 0.5) is 13.2 Å². The van der Waals surface area contributed by atoms with E-state index < -0.39 is 11.1 Å². The summed E-state index contributed by atoms with van der Waals surface area (Å²) in [5.41, 5.74) is -4.88. The molecule has 12 heavy (non-hydrogen) atoms. The molecule has 0 aromatic carbocycles. The van der Waals surface area contributed by atoms with Crippen LogP contribution in [0.25, 0.3) is 0 Å². The molecule has 1 aromatic heterocycles. The Kier molecular flexibility index (Phi) is 2.46. The van der Waals surface area contributed by atoms with Crippen LogP contribution in [-0.4, -0.2) is 10.5 Å². The molecular weight excluding hydrogens is 191 g/mol. The Morgan fingerprint density at radius 1 is 1.42 bits per heavy atom. The number of alkyl halides is 3. The number of nitrogens with one attached hydrogen (secondary N) is 1. The lowest BCUT2D eigenvalue weighted by Gasteiger charge is -2.03. The van der Waals surface area contributed by atoms with E-state index in [9.17, 15) is 18.0 Å². The Hall–Kier alpha value is -0.910. The van der Waals surface area contributed by atoms with Crippen LogP contribution >= 0.6 is 11.8 Å². The van der Waals surface area contributed by atoms with Gasteiger partial charge in [-0.3, -0.25) is 4.79 Å². The topological polar surface area (TPSA) is 32.9 Å². The number of aromatic nitrogens is 1. The van der Waals surface area contributed by atoms with Gasteiger partial charge in [0.2, 0.25) is 5.56 Å². The largest absolute Gasteiger partial charge is 0.446 e. The highest BCUT2D eigenvalue weighted by atomic mass is 32.2. The van der Waals surface area contributed by atoms with Gasteiger partial charge in [0.05, 0.1) is 0 Å². The predicted octanol–water partition coefficient (Wildman–Crippen LogP) is 1.99. The van der Waals surface area contributed by atoms with Crippen molar-refractivity contribution in [1.29, 1.82) is 0 Å². The van der Waals surface area contributed by atoms with Crippen molar-refractivity contribution in [2.24, 2.45) is 0 Å². The quantitative estimate of drug-likeness (QED) is 0.695. The van der Waals surface area contributed by atoms with E-state index in [1.165, 1.54) is 12.3 Å². The summed E-state index contributed by atoms with van der Waals surface area (Å²) in [7, 11) is 0. The fourth-order valence-electron chi connectivity index (χ4n) is 0.622. The molecule has 0 aliphatic rings. The second-order valence-electron chi connectivity index (χ2n) is 1.94. The van der Waals surface area contributed by atoms with Gasteiger partial charge in [-0.25, -0.2) is 0 Å². The van der Waals surface area contributed by atoms with Crippen LogP contribution in [0.2, 0.25) is 0 Å². The van der Waals surface area contributed by atoms with E-state index in [0.29, 0.717) is 0 Å². The minimum atomic E-state index is -4.34. The van der Waals surface area contributed by atoms with Crippen molar-refractivity contribution < 1.29 is 13.2 Å². The second kappa shape index (κ2) is 3.22. The van der Waals surface area contributed by atoms with Gasteiger partial charge in [-0.1, -0.05) is 0 Å². The summed E-state index contributed by atoms with van der Waals surface area (Å²) in [6.07, 6.45) is 1.18. The summed E-state index contributed by atoms with van der Waals surface area (Å²) in [5, 5.41) is 0. The zero-order chi connectivity index (χ0) is 9.19. The van der Waals surface area contributed by atoms with E-state index >= 15 is 0 Å². The highest BCUT2D eigenvalue weighted by molar-refractivity contribution is 8.00. The first-order valence-electron chi connectivity index (χ1n) is 2.92. The van der Waals surface area contributed by atoms with Crippen molar-refractivity contribution in [3.05, 3.63) is 28.7 Å². The Labute approximate surface area is 69.8 Å². The predicted molar refractivity (Wildman–Crippen MR) is 39.0 cm³/mol. The van der Waals surface area contributed by atoms with Gasteiger partial charge >= 0.3 is 5.51 Å². The van der Waals surface area contributed by atoms with Crippen molar-refractivity contribution >= 4 is 11.8 Å². The van der Waals surface area contributed by atoms with Gasteiger partial charge in [-0.05, 0) is 17.8 Å². The molecule has 1 aromatic rings. The van der Waals surface area contributed by atoms with Gasteiger partial charge in [-0.2, -0.15) is 13.2 Å². The first-order valence-corrected chi connectivity index (χ1v) is 3.73. The summed E-state index contributed by atoms with van der Waals surface area (Å²) in [6, 6.07) is 2.09. The number of hydrogen-bond acceptors (Lipinski definition) is 2. The van der Waals surface area contributed by atoms with Gasteiger partial charge in [-0.15, -0.1) is 0 Å².